The van der Waals surface area contributed by atoms with Gasteiger partial charge in [-0.2, -0.15) is 5.26 Å². The Labute approximate surface area is 212 Å². The lowest BCUT2D eigenvalue weighted by Gasteiger charge is -2.13. The third-order valence-corrected chi connectivity index (χ3v) is 5.11. The summed E-state index contributed by atoms with van der Waals surface area (Å²) in [5.74, 6) is 0.0584. The van der Waals surface area contributed by atoms with E-state index >= 15 is 0 Å². The Morgan fingerprint density at radius 1 is 1.16 bits per heavy atom. The van der Waals surface area contributed by atoms with Crippen LogP contribution in [0.3, 0.4) is 0 Å². The van der Waals surface area contributed by atoms with Crippen LogP contribution in [-0.2, 0) is 16.1 Å². The molecule has 0 spiro atoms. The number of carbonyl (C=O) groups is 1. The Hall–Kier alpha value is -4.52. The highest BCUT2D eigenvalue weighted by Crippen LogP contribution is 2.32. The third kappa shape index (κ3) is 7.48. The molecule has 2 aromatic carbocycles. The molecule has 0 radical (unpaired) electrons. The molecule has 192 valence electrons. The lowest BCUT2D eigenvalue weighted by atomic mass is 9.98. The van der Waals surface area contributed by atoms with Gasteiger partial charge in [-0.15, -0.1) is 13.2 Å². The van der Waals surface area contributed by atoms with Gasteiger partial charge in [-0.05, 0) is 67.4 Å². The number of benzene rings is 2. The van der Waals surface area contributed by atoms with Gasteiger partial charge in [0.1, 0.15) is 23.4 Å². The van der Waals surface area contributed by atoms with Crippen LogP contribution in [0.2, 0.25) is 0 Å². The van der Waals surface area contributed by atoms with Crippen LogP contribution >= 0.6 is 0 Å². The van der Waals surface area contributed by atoms with Crippen molar-refractivity contribution in [3.05, 3.63) is 77.0 Å². The van der Waals surface area contributed by atoms with Crippen molar-refractivity contribution in [1.29, 1.82) is 5.26 Å². The topological polar surface area (TPSA) is 93.5 Å². The summed E-state index contributed by atoms with van der Waals surface area (Å²) >= 11 is 0. The van der Waals surface area contributed by atoms with E-state index in [0.29, 0.717) is 39.4 Å². The summed E-state index contributed by atoms with van der Waals surface area (Å²) in [6.07, 6.45) is -1.56. The first-order chi connectivity index (χ1) is 17.6. The highest BCUT2D eigenvalue weighted by atomic mass is 19.4. The summed E-state index contributed by atoms with van der Waals surface area (Å²) in [6, 6.07) is 14.7. The molecule has 0 unspecified atom stereocenters. The molecule has 0 saturated carbocycles. The molecule has 0 amide bonds. The minimum Gasteiger partial charge on any atom is -0.495 e. The van der Waals surface area contributed by atoms with Crippen LogP contribution in [0.25, 0.3) is 17.2 Å². The fraction of sp³-hybridized carbons (Fsp3) is 0.222. The van der Waals surface area contributed by atoms with Gasteiger partial charge in [0.15, 0.2) is 0 Å². The number of nitriles is 1. The summed E-state index contributed by atoms with van der Waals surface area (Å²) in [5, 5.41) is 12.7. The second kappa shape index (κ2) is 11.9. The fourth-order valence-corrected chi connectivity index (χ4v) is 3.49. The lowest BCUT2D eigenvalue weighted by molar-refractivity contribution is -0.274. The molecule has 0 aliphatic carbocycles. The average molecular weight is 512 g/mol. The smallest absolute Gasteiger partial charge is 0.495 e. The number of aromatic nitrogens is 1. The molecular weight excluding hydrogens is 487 g/mol. The highest BCUT2D eigenvalue weighted by Gasteiger charge is 2.31. The molecule has 3 rings (SSSR count). The van der Waals surface area contributed by atoms with Crippen molar-refractivity contribution in [1.82, 2.24) is 4.98 Å². The number of anilines is 1. The minimum absolute atomic E-state index is 0.227. The van der Waals surface area contributed by atoms with Crippen molar-refractivity contribution in [2.45, 2.75) is 26.8 Å². The first-order valence-corrected chi connectivity index (χ1v) is 11.2. The number of hydrogen-bond donors (Lipinski definition) is 1. The quantitative estimate of drug-likeness (QED) is 0.274. The predicted molar refractivity (Wildman–Crippen MR) is 132 cm³/mol. The van der Waals surface area contributed by atoms with Gasteiger partial charge in [0.05, 0.1) is 19.3 Å². The maximum Gasteiger partial charge on any atom is 0.573 e. The third-order valence-electron chi connectivity index (χ3n) is 5.11. The first-order valence-electron chi connectivity index (χ1n) is 11.2. The van der Waals surface area contributed by atoms with Crippen LogP contribution in [-0.4, -0.2) is 31.0 Å². The van der Waals surface area contributed by atoms with Crippen LogP contribution in [0.15, 0.2) is 60.3 Å². The maximum absolute atomic E-state index is 12.4. The molecule has 0 atom stereocenters. The summed E-state index contributed by atoms with van der Waals surface area (Å²) < 4.78 is 51.7. The zero-order valence-electron chi connectivity index (χ0n) is 20.3. The van der Waals surface area contributed by atoms with Gasteiger partial charge in [-0.25, -0.2) is 9.78 Å². The molecule has 0 aliphatic rings. The molecular formula is C27H24F3N3O4. The molecule has 0 aliphatic heterocycles. The number of halogens is 3. The van der Waals surface area contributed by atoms with Crippen molar-refractivity contribution in [3.8, 4) is 28.7 Å². The van der Waals surface area contributed by atoms with E-state index in [4.69, 9.17) is 9.47 Å². The number of pyridine rings is 1. The molecule has 37 heavy (non-hydrogen) atoms. The number of hydrogen-bond acceptors (Lipinski definition) is 7. The van der Waals surface area contributed by atoms with E-state index in [-0.39, 0.29) is 24.5 Å². The van der Waals surface area contributed by atoms with Crippen LogP contribution in [0.1, 0.15) is 30.5 Å². The Morgan fingerprint density at radius 3 is 2.57 bits per heavy atom. The van der Waals surface area contributed by atoms with Gasteiger partial charge in [-0.3, -0.25) is 0 Å². The van der Waals surface area contributed by atoms with Crippen molar-refractivity contribution < 1.29 is 32.2 Å². The number of methoxy groups -OCH3 is 1. The molecule has 10 heteroatoms. The normalized spacial score (nSPS) is 11.4. The molecule has 1 heterocycles. The van der Waals surface area contributed by atoms with E-state index in [1.54, 1.807) is 56.5 Å². The standard InChI is InChI=1S/C27H24F3N3O4/c1-4-36-26(34)17(2)10-21-12-20(13-22(14-31)25(21)35-3)19-8-9-24(33-16-19)32-15-18-6-5-7-23(11-18)37-27(28,29)30/h5-13,16H,4,15H2,1-3H3,(H,32,33)/b17-10+. The minimum atomic E-state index is -4.76. The zero-order chi connectivity index (χ0) is 27.0. The number of nitrogens with one attached hydrogen (secondary N) is 1. The van der Waals surface area contributed by atoms with E-state index in [0.717, 1.165) is 0 Å². The summed E-state index contributed by atoms with van der Waals surface area (Å²) in [7, 11) is 1.44. The molecule has 0 fully saturated rings. The number of esters is 1. The molecule has 1 N–H and O–H groups in total. The van der Waals surface area contributed by atoms with Crippen LogP contribution < -0.4 is 14.8 Å². The van der Waals surface area contributed by atoms with Crippen molar-refractivity contribution in [2.75, 3.05) is 19.0 Å². The van der Waals surface area contributed by atoms with E-state index in [9.17, 15) is 23.2 Å². The second-order valence-corrected chi connectivity index (χ2v) is 7.79. The SMILES string of the molecule is CCOC(=O)/C(C)=C/c1cc(-c2ccc(NCc3cccc(OC(F)(F)F)c3)nc2)cc(C#N)c1OC. The Morgan fingerprint density at radius 2 is 1.95 bits per heavy atom. The summed E-state index contributed by atoms with van der Waals surface area (Å²) in [6.45, 7) is 3.79. The number of carbonyl (C=O) groups excluding carboxylic acids is 1. The molecule has 7 nitrogen and oxygen atoms in total. The fourth-order valence-electron chi connectivity index (χ4n) is 3.49. The van der Waals surface area contributed by atoms with Crippen molar-refractivity contribution in [3.63, 3.8) is 0 Å². The van der Waals surface area contributed by atoms with Gasteiger partial charge in [0.25, 0.3) is 0 Å². The van der Waals surface area contributed by atoms with Gasteiger partial charge in [0, 0.05) is 29.4 Å². The van der Waals surface area contributed by atoms with Gasteiger partial charge in [-0.1, -0.05) is 12.1 Å². The highest BCUT2D eigenvalue weighted by molar-refractivity contribution is 5.94. The monoisotopic (exact) mass is 511 g/mol. The number of alkyl halides is 3. The molecule has 1 aromatic heterocycles. The molecule has 3 aromatic rings. The predicted octanol–water partition coefficient (Wildman–Crippen LogP) is 6.11. The van der Waals surface area contributed by atoms with E-state index < -0.39 is 12.3 Å². The van der Waals surface area contributed by atoms with E-state index in [2.05, 4.69) is 21.1 Å². The van der Waals surface area contributed by atoms with E-state index in [1.165, 1.54) is 25.3 Å². The Bertz CT molecular complexity index is 1330. The van der Waals surface area contributed by atoms with Gasteiger partial charge < -0.3 is 19.5 Å². The molecule has 0 bridgehead atoms. The van der Waals surface area contributed by atoms with Gasteiger partial charge >= 0.3 is 12.3 Å². The van der Waals surface area contributed by atoms with Crippen LogP contribution in [0.4, 0.5) is 19.0 Å². The van der Waals surface area contributed by atoms with E-state index in [1.807, 2.05) is 0 Å². The van der Waals surface area contributed by atoms with Crippen LogP contribution in [0, 0.1) is 11.3 Å². The summed E-state index contributed by atoms with van der Waals surface area (Å²) in [5.41, 5.74) is 3.12. The largest absolute Gasteiger partial charge is 0.573 e. The number of nitrogens with zero attached hydrogens (tertiary/aromatic N) is 2. The number of ether oxygens (including phenoxy) is 3. The lowest BCUT2D eigenvalue weighted by Crippen LogP contribution is -2.17. The average Bonchev–Trinajstić information content (AvgIpc) is 2.86. The Kier molecular flexibility index (Phi) is 8.74. The second-order valence-electron chi connectivity index (χ2n) is 7.79. The Balaban J connectivity index is 1.82. The number of rotatable bonds is 9. The van der Waals surface area contributed by atoms with Gasteiger partial charge in [0.2, 0.25) is 0 Å². The van der Waals surface area contributed by atoms with Crippen LogP contribution in [0.5, 0.6) is 11.5 Å². The van der Waals surface area contributed by atoms with Crippen molar-refractivity contribution in [2.24, 2.45) is 0 Å². The first kappa shape index (κ1) is 27.1. The zero-order valence-corrected chi connectivity index (χ0v) is 20.3. The molecule has 0 saturated heterocycles. The summed E-state index contributed by atoms with van der Waals surface area (Å²) in [4.78, 5) is 16.4. The van der Waals surface area contributed by atoms with Crippen molar-refractivity contribution >= 4 is 17.9 Å². The maximum atomic E-state index is 12.4.